The van der Waals surface area contributed by atoms with Gasteiger partial charge in [-0.05, 0) is 45.1 Å². The van der Waals surface area contributed by atoms with Crippen molar-refractivity contribution < 1.29 is 4.79 Å². The lowest BCUT2D eigenvalue weighted by Gasteiger charge is -2.34. The molecule has 94 valence electrons. The van der Waals surface area contributed by atoms with Crippen molar-refractivity contribution in [2.24, 2.45) is 5.92 Å². The second kappa shape index (κ2) is 7.05. The van der Waals surface area contributed by atoms with Gasteiger partial charge in [0, 0.05) is 12.5 Å². The normalized spacial score (nSPS) is 26.0. The van der Waals surface area contributed by atoms with Gasteiger partial charge in [-0.25, -0.2) is 0 Å². The molecule has 2 nitrogen and oxygen atoms in total. The Labute approximate surface area is 100 Å². The average molecular weight is 225 g/mol. The van der Waals surface area contributed by atoms with E-state index in [1.54, 1.807) is 0 Å². The van der Waals surface area contributed by atoms with Crippen LogP contribution in [0.25, 0.3) is 0 Å². The number of hydrogen-bond acceptors (Lipinski definition) is 2. The molecule has 0 radical (unpaired) electrons. The van der Waals surface area contributed by atoms with Crippen LogP contribution in [-0.2, 0) is 4.79 Å². The Morgan fingerprint density at radius 1 is 1.19 bits per heavy atom. The van der Waals surface area contributed by atoms with Gasteiger partial charge in [-0.1, -0.05) is 20.3 Å². The molecule has 2 heteroatoms. The first kappa shape index (κ1) is 13.7. The Morgan fingerprint density at radius 3 is 2.31 bits per heavy atom. The summed E-state index contributed by atoms with van der Waals surface area (Å²) in [6.07, 6.45) is 8.33. The van der Waals surface area contributed by atoms with Crippen LogP contribution in [0, 0.1) is 5.92 Å². The summed E-state index contributed by atoms with van der Waals surface area (Å²) in [4.78, 5) is 13.9. The van der Waals surface area contributed by atoms with Gasteiger partial charge in [-0.15, -0.1) is 0 Å². The van der Waals surface area contributed by atoms with Crippen molar-refractivity contribution in [3.63, 3.8) is 0 Å². The van der Waals surface area contributed by atoms with Crippen LogP contribution in [0.1, 0.15) is 58.8 Å². The highest BCUT2D eigenvalue weighted by molar-refractivity contribution is 5.80. The maximum Gasteiger partial charge on any atom is 0.146 e. The molecule has 0 N–H and O–H groups in total. The first-order valence-electron chi connectivity index (χ1n) is 6.89. The molecule has 1 fully saturated rings. The van der Waals surface area contributed by atoms with Crippen molar-refractivity contribution in [1.82, 2.24) is 4.90 Å². The van der Waals surface area contributed by atoms with E-state index in [1.807, 2.05) is 0 Å². The Kier molecular flexibility index (Phi) is 6.04. The van der Waals surface area contributed by atoms with Crippen LogP contribution < -0.4 is 0 Å². The molecule has 16 heavy (non-hydrogen) atoms. The van der Waals surface area contributed by atoms with Crippen LogP contribution in [0.3, 0.4) is 0 Å². The van der Waals surface area contributed by atoms with Gasteiger partial charge in [-0.3, -0.25) is 9.69 Å². The predicted octanol–water partition coefficient (Wildman–Crippen LogP) is 3.26. The summed E-state index contributed by atoms with van der Waals surface area (Å²) in [5.41, 5.74) is 0. The summed E-state index contributed by atoms with van der Waals surface area (Å²) >= 11 is 0. The van der Waals surface area contributed by atoms with E-state index in [0.717, 1.165) is 18.8 Å². The van der Waals surface area contributed by atoms with E-state index in [0.29, 0.717) is 18.4 Å². The second-order valence-corrected chi connectivity index (χ2v) is 5.29. The van der Waals surface area contributed by atoms with Gasteiger partial charge in [0.25, 0.3) is 0 Å². The van der Waals surface area contributed by atoms with Gasteiger partial charge in [-0.2, -0.15) is 0 Å². The smallest absolute Gasteiger partial charge is 0.146 e. The van der Waals surface area contributed by atoms with E-state index in [2.05, 4.69) is 25.8 Å². The number of carbonyl (C=O) groups is 1. The fourth-order valence-electron chi connectivity index (χ4n) is 2.76. The van der Waals surface area contributed by atoms with E-state index in [-0.39, 0.29) is 0 Å². The molecule has 1 aliphatic carbocycles. The minimum Gasteiger partial charge on any atom is -0.298 e. The molecule has 0 spiro atoms. The summed E-state index contributed by atoms with van der Waals surface area (Å²) in [7, 11) is 2.12. The molecule has 0 aromatic heterocycles. The largest absolute Gasteiger partial charge is 0.298 e. The molecule has 1 saturated carbocycles. The molecule has 0 amide bonds. The summed E-state index contributed by atoms with van der Waals surface area (Å²) in [6, 6.07) is 0.656. The average Bonchev–Trinajstić information content (AvgIpc) is 2.29. The predicted molar refractivity (Wildman–Crippen MR) is 68.6 cm³/mol. The zero-order chi connectivity index (χ0) is 12.0. The van der Waals surface area contributed by atoms with Crippen molar-refractivity contribution in [2.45, 2.75) is 64.8 Å². The molecule has 1 rings (SSSR count). The third kappa shape index (κ3) is 4.25. The number of hydrogen-bond donors (Lipinski definition) is 0. The van der Waals surface area contributed by atoms with Crippen LogP contribution in [0.5, 0.6) is 0 Å². The van der Waals surface area contributed by atoms with Crippen LogP contribution in [0.4, 0.5) is 0 Å². The van der Waals surface area contributed by atoms with Gasteiger partial charge in [0.05, 0.1) is 6.54 Å². The highest BCUT2D eigenvalue weighted by Gasteiger charge is 2.23. The number of carbonyl (C=O) groups excluding carboxylic acids is 1. The lowest BCUT2D eigenvalue weighted by atomic mass is 9.84. The SMILES string of the molecule is CCCC(=O)CN(C)C1CCC(CC)CC1. The minimum atomic E-state index is 0.405. The second-order valence-electron chi connectivity index (χ2n) is 5.29. The molecule has 1 aliphatic rings. The molecule has 0 unspecified atom stereocenters. The summed E-state index contributed by atoms with van der Waals surface area (Å²) in [5.74, 6) is 1.35. The number of Topliss-reactive ketones (excluding diaryl/α,β-unsaturated/α-hetero) is 1. The molecule has 0 saturated heterocycles. The number of likely N-dealkylation sites (N-methyl/N-ethyl adjacent to an activating group) is 1. The van der Waals surface area contributed by atoms with E-state index < -0.39 is 0 Å². The maximum atomic E-state index is 11.6. The van der Waals surface area contributed by atoms with E-state index >= 15 is 0 Å². The fraction of sp³-hybridized carbons (Fsp3) is 0.929. The van der Waals surface area contributed by atoms with Crippen LogP contribution in [0.15, 0.2) is 0 Å². The molecule has 0 aliphatic heterocycles. The summed E-state index contributed by atoms with van der Waals surface area (Å²) in [5, 5.41) is 0. The number of rotatable bonds is 6. The third-order valence-corrected chi connectivity index (χ3v) is 3.97. The van der Waals surface area contributed by atoms with Crippen LogP contribution >= 0.6 is 0 Å². The lowest BCUT2D eigenvalue weighted by Crippen LogP contribution is -2.38. The Hall–Kier alpha value is -0.370. The van der Waals surface area contributed by atoms with E-state index in [1.165, 1.54) is 32.1 Å². The van der Waals surface area contributed by atoms with Gasteiger partial charge in [0.1, 0.15) is 5.78 Å². The van der Waals surface area contributed by atoms with Crippen LogP contribution in [0.2, 0.25) is 0 Å². The molecular weight excluding hydrogens is 198 g/mol. The zero-order valence-corrected chi connectivity index (χ0v) is 11.2. The fourth-order valence-corrected chi connectivity index (χ4v) is 2.76. The van der Waals surface area contributed by atoms with Crippen molar-refractivity contribution >= 4 is 5.78 Å². The standard InChI is InChI=1S/C14H27NO/c1-4-6-14(16)11-15(3)13-9-7-12(5-2)8-10-13/h12-13H,4-11H2,1-3H3. The quantitative estimate of drug-likeness (QED) is 0.691. The first-order valence-corrected chi connectivity index (χ1v) is 6.89. The van der Waals surface area contributed by atoms with Gasteiger partial charge >= 0.3 is 0 Å². The van der Waals surface area contributed by atoms with Crippen molar-refractivity contribution in [1.29, 1.82) is 0 Å². The monoisotopic (exact) mass is 225 g/mol. The molecule has 0 aromatic carbocycles. The molecule has 0 atom stereocenters. The van der Waals surface area contributed by atoms with Crippen molar-refractivity contribution in [3.05, 3.63) is 0 Å². The summed E-state index contributed by atoms with van der Waals surface area (Å²) in [6.45, 7) is 5.03. The first-order chi connectivity index (χ1) is 7.67. The Morgan fingerprint density at radius 2 is 1.81 bits per heavy atom. The van der Waals surface area contributed by atoms with E-state index in [9.17, 15) is 4.79 Å². The number of nitrogens with zero attached hydrogens (tertiary/aromatic N) is 1. The van der Waals surface area contributed by atoms with Crippen molar-refractivity contribution in [3.8, 4) is 0 Å². The van der Waals surface area contributed by atoms with Gasteiger partial charge in [0.2, 0.25) is 0 Å². The van der Waals surface area contributed by atoms with Gasteiger partial charge in [0.15, 0.2) is 0 Å². The van der Waals surface area contributed by atoms with Gasteiger partial charge < -0.3 is 0 Å². The summed E-state index contributed by atoms with van der Waals surface area (Å²) < 4.78 is 0. The lowest BCUT2D eigenvalue weighted by molar-refractivity contribution is -0.120. The molecular formula is C14H27NO. The zero-order valence-electron chi connectivity index (χ0n) is 11.2. The highest BCUT2D eigenvalue weighted by Crippen LogP contribution is 2.28. The van der Waals surface area contributed by atoms with Crippen molar-refractivity contribution in [2.75, 3.05) is 13.6 Å². The number of ketones is 1. The Bertz CT molecular complexity index is 207. The third-order valence-electron chi connectivity index (χ3n) is 3.97. The Balaban J connectivity index is 2.27. The molecule has 0 bridgehead atoms. The molecule has 0 heterocycles. The van der Waals surface area contributed by atoms with E-state index in [4.69, 9.17) is 0 Å². The molecule has 0 aromatic rings. The van der Waals surface area contributed by atoms with Crippen LogP contribution in [-0.4, -0.2) is 30.3 Å². The highest BCUT2D eigenvalue weighted by atomic mass is 16.1. The minimum absolute atomic E-state index is 0.405. The topological polar surface area (TPSA) is 20.3 Å². The maximum absolute atomic E-state index is 11.6.